The van der Waals surface area contributed by atoms with Gasteiger partial charge in [0.15, 0.2) is 0 Å². The first-order chi connectivity index (χ1) is 5.22. The second kappa shape index (κ2) is 4.23. The van der Waals surface area contributed by atoms with Crippen LogP contribution in [0.4, 0.5) is 0 Å². The quantitative estimate of drug-likeness (QED) is 0.679. The smallest absolute Gasteiger partial charge is 0.000182 e. The first kappa shape index (κ1) is 9.22. The molecule has 1 atom stereocenters. The highest BCUT2D eigenvalue weighted by Gasteiger charge is 1.93. The van der Waals surface area contributed by atoms with E-state index in [0.717, 1.165) is 13.4 Å². The van der Waals surface area contributed by atoms with Gasteiger partial charge in [-0.25, -0.2) is 0 Å². The fourth-order valence-electron chi connectivity index (χ4n) is 1.25. The summed E-state index contributed by atoms with van der Waals surface area (Å²) in [7, 11) is 0.840. The van der Waals surface area contributed by atoms with Crippen LogP contribution in [0, 0.1) is 13.8 Å². The molecule has 1 aromatic rings. The summed E-state index contributed by atoms with van der Waals surface area (Å²) in [5.41, 5.74) is 4.18. The molecule has 0 aliphatic carbocycles. The van der Waals surface area contributed by atoms with Crippen LogP contribution in [0.1, 0.15) is 16.7 Å². The fraction of sp³-hybridized carbons (Fsp3) is 0.333. The molecule has 1 unspecified atom stereocenters. The molecule has 0 nitrogen and oxygen atoms in total. The van der Waals surface area contributed by atoms with Crippen molar-refractivity contribution in [1.82, 2.24) is 0 Å². The molecular formula is C9H12BrP. The van der Waals surface area contributed by atoms with Crippen LogP contribution in [0.15, 0.2) is 18.2 Å². The summed E-state index contributed by atoms with van der Waals surface area (Å²) in [5.74, 6) is 0. The van der Waals surface area contributed by atoms with E-state index in [2.05, 4.69) is 47.5 Å². The van der Waals surface area contributed by atoms with Crippen LogP contribution in [-0.4, -0.2) is 0 Å². The highest BCUT2D eigenvalue weighted by Crippen LogP contribution is 2.26. The molecule has 0 saturated heterocycles. The highest BCUT2D eigenvalue weighted by atomic mass is 79.9. The molecule has 0 aliphatic heterocycles. The lowest BCUT2D eigenvalue weighted by atomic mass is 10.1. The Kier molecular flexibility index (Phi) is 3.54. The third-order valence-corrected chi connectivity index (χ3v) is 2.94. The molecule has 1 aromatic carbocycles. The van der Waals surface area contributed by atoms with Gasteiger partial charge in [0.2, 0.25) is 0 Å². The maximum absolute atomic E-state index is 3.46. The zero-order valence-electron chi connectivity index (χ0n) is 6.82. The molecule has 0 radical (unpaired) electrons. The monoisotopic (exact) mass is 230 g/mol. The van der Waals surface area contributed by atoms with Crippen LogP contribution in [0.25, 0.3) is 0 Å². The highest BCUT2D eigenvalue weighted by molar-refractivity contribution is 9.36. The number of hydrogen-bond acceptors (Lipinski definition) is 0. The van der Waals surface area contributed by atoms with E-state index in [1.165, 1.54) is 16.7 Å². The third kappa shape index (κ3) is 2.92. The predicted octanol–water partition coefficient (Wildman–Crippen LogP) is 3.79. The number of halogens is 1. The molecule has 0 bridgehead atoms. The van der Waals surface area contributed by atoms with Gasteiger partial charge in [-0.2, -0.15) is 0 Å². The van der Waals surface area contributed by atoms with Crippen molar-refractivity contribution in [3.05, 3.63) is 34.9 Å². The molecule has 0 heterocycles. The van der Waals surface area contributed by atoms with Crippen molar-refractivity contribution in [2.24, 2.45) is 0 Å². The van der Waals surface area contributed by atoms with E-state index in [-0.39, 0.29) is 0 Å². The van der Waals surface area contributed by atoms with Crippen LogP contribution in [0.5, 0.6) is 0 Å². The summed E-state index contributed by atoms with van der Waals surface area (Å²) < 4.78 is 0. The summed E-state index contributed by atoms with van der Waals surface area (Å²) in [6.07, 6.45) is 1.16. The molecule has 0 N–H and O–H groups in total. The minimum absolute atomic E-state index is 0.840. The van der Waals surface area contributed by atoms with E-state index in [4.69, 9.17) is 0 Å². The lowest BCUT2D eigenvalue weighted by molar-refractivity contribution is 1.30. The largest absolute Gasteiger partial charge is 0.0639 e. The molecule has 2 heteroatoms. The van der Waals surface area contributed by atoms with Gasteiger partial charge in [0.05, 0.1) is 0 Å². The van der Waals surface area contributed by atoms with Crippen LogP contribution >= 0.6 is 22.8 Å². The van der Waals surface area contributed by atoms with Gasteiger partial charge in [-0.05, 0) is 32.9 Å². The second-order valence-electron chi connectivity index (χ2n) is 2.81. The predicted molar refractivity (Wildman–Crippen MR) is 56.9 cm³/mol. The number of rotatable bonds is 2. The van der Waals surface area contributed by atoms with Gasteiger partial charge in [-0.3, -0.25) is 0 Å². The zero-order chi connectivity index (χ0) is 8.27. The molecule has 0 aliphatic rings. The fourth-order valence-corrected chi connectivity index (χ4v) is 2.58. The Hall–Kier alpha value is 0.130. The average molecular weight is 231 g/mol. The van der Waals surface area contributed by atoms with Gasteiger partial charge in [0, 0.05) is 0 Å². The standard InChI is InChI=1S/C9H12BrP/c1-7-3-8(2)5-9(4-7)6-11-10/h3-5,11H,6H2,1-2H3. The van der Waals surface area contributed by atoms with Crippen molar-refractivity contribution < 1.29 is 0 Å². The minimum atomic E-state index is 0.840. The van der Waals surface area contributed by atoms with Crippen LogP contribution < -0.4 is 0 Å². The van der Waals surface area contributed by atoms with Crippen molar-refractivity contribution in [1.29, 1.82) is 0 Å². The Balaban J connectivity index is 2.89. The third-order valence-electron chi connectivity index (χ3n) is 1.55. The molecule has 0 aromatic heterocycles. The van der Waals surface area contributed by atoms with E-state index in [1.807, 2.05) is 0 Å². The summed E-state index contributed by atoms with van der Waals surface area (Å²) in [6, 6.07) is 6.71. The average Bonchev–Trinajstić information content (AvgIpc) is 1.85. The number of benzene rings is 1. The maximum Gasteiger partial charge on any atom is -0.000182 e. The molecule has 1 rings (SSSR count). The van der Waals surface area contributed by atoms with Gasteiger partial charge in [0.1, 0.15) is 0 Å². The van der Waals surface area contributed by atoms with E-state index < -0.39 is 0 Å². The topological polar surface area (TPSA) is 0 Å². The summed E-state index contributed by atoms with van der Waals surface area (Å²) in [5, 5.41) is 0. The first-order valence-corrected chi connectivity index (χ1v) is 7.09. The van der Waals surface area contributed by atoms with Gasteiger partial charge >= 0.3 is 0 Å². The van der Waals surface area contributed by atoms with Crippen LogP contribution in [0.2, 0.25) is 0 Å². The Labute approximate surface area is 77.9 Å². The molecule has 0 saturated carbocycles. The van der Waals surface area contributed by atoms with Crippen molar-refractivity contribution >= 4 is 22.8 Å². The molecule has 60 valence electrons. The van der Waals surface area contributed by atoms with Crippen molar-refractivity contribution in [3.63, 3.8) is 0 Å². The molecule has 0 amide bonds. The lowest BCUT2D eigenvalue weighted by Crippen LogP contribution is -1.82. The van der Waals surface area contributed by atoms with E-state index in [1.54, 1.807) is 0 Å². The Morgan fingerprint density at radius 3 is 2.18 bits per heavy atom. The van der Waals surface area contributed by atoms with Crippen LogP contribution in [-0.2, 0) is 6.16 Å². The number of hydrogen-bond donors (Lipinski definition) is 0. The number of aryl methyl sites for hydroxylation is 2. The van der Waals surface area contributed by atoms with Gasteiger partial charge in [-0.15, -0.1) is 0 Å². The second-order valence-corrected chi connectivity index (χ2v) is 5.11. The minimum Gasteiger partial charge on any atom is -0.0639 e. The van der Waals surface area contributed by atoms with E-state index >= 15 is 0 Å². The summed E-state index contributed by atoms with van der Waals surface area (Å²) in [6.45, 7) is 4.29. The first-order valence-electron chi connectivity index (χ1n) is 3.63. The Morgan fingerprint density at radius 1 is 1.18 bits per heavy atom. The molecule has 11 heavy (non-hydrogen) atoms. The molecule has 0 spiro atoms. The zero-order valence-corrected chi connectivity index (χ0v) is 9.40. The Bertz CT molecular complexity index is 225. The molecular weight excluding hydrogens is 219 g/mol. The SMILES string of the molecule is Cc1cc(C)cc(CPBr)c1. The van der Waals surface area contributed by atoms with E-state index in [0.29, 0.717) is 0 Å². The maximum atomic E-state index is 3.46. The van der Waals surface area contributed by atoms with Crippen LogP contribution in [0.3, 0.4) is 0 Å². The lowest BCUT2D eigenvalue weighted by Gasteiger charge is -2.01. The van der Waals surface area contributed by atoms with E-state index in [9.17, 15) is 0 Å². The van der Waals surface area contributed by atoms with Gasteiger partial charge < -0.3 is 0 Å². The van der Waals surface area contributed by atoms with Gasteiger partial charge in [0.25, 0.3) is 0 Å². The normalized spacial score (nSPS) is 11.2. The van der Waals surface area contributed by atoms with Crippen molar-refractivity contribution in [2.45, 2.75) is 20.0 Å². The summed E-state index contributed by atoms with van der Waals surface area (Å²) in [4.78, 5) is 0. The van der Waals surface area contributed by atoms with Crippen molar-refractivity contribution in [2.75, 3.05) is 0 Å². The van der Waals surface area contributed by atoms with Crippen molar-refractivity contribution in [3.8, 4) is 0 Å². The van der Waals surface area contributed by atoms with Gasteiger partial charge in [-0.1, -0.05) is 44.8 Å². The Morgan fingerprint density at radius 2 is 1.73 bits per heavy atom. The molecule has 0 fully saturated rings. The summed E-state index contributed by atoms with van der Waals surface area (Å²) >= 11 is 3.46.